The van der Waals surface area contributed by atoms with Crippen LogP contribution < -0.4 is 0 Å². The van der Waals surface area contributed by atoms with Crippen molar-refractivity contribution in [3.8, 4) is 17.5 Å². The molecule has 3 aromatic heterocycles. The number of halogens is 2. The van der Waals surface area contributed by atoms with Crippen molar-refractivity contribution in [1.82, 2.24) is 28.7 Å². The molecule has 0 unspecified atom stereocenters. The fraction of sp³-hybridized carbons (Fsp3) is 0.125. The van der Waals surface area contributed by atoms with Crippen LogP contribution in [-0.4, -0.2) is 28.7 Å². The summed E-state index contributed by atoms with van der Waals surface area (Å²) >= 11 is 1.30. The molecule has 4 aromatic rings. The number of imidazole rings is 1. The summed E-state index contributed by atoms with van der Waals surface area (Å²) in [6.07, 6.45) is 3.59. The van der Waals surface area contributed by atoms with Crippen LogP contribution in [0.4, 0.5) is 8.78 Å². The molecule has 4 rings (SSSR count). The summed E-state index contributed by atoms with van der Waals surface area (Å²) in [5, 5.41) is 6.29. The first-order valence-corrected chi connectivity index (χ1v) is 8.24. The first-order valence-electron chi connectivity index (χ1n) is 7.40. The highest BCUT2D eigenvalue weighted by atomic mass is 32.1. The number of hydrogen-bond acceptors (Lipinski definition) is 5. The molecule has 0 atom stereocenters. The highest BCUT2D eigenvalue weighted by molar-refractivity contribution is 7.03. The predicted molar refractivity (Wildman–Crippen MR) is 88.4 cm³/mol. The third kappa shape index (κ3) is 2.93. The van der Waals surface area contributed by atoms with E-state index in [1.54, 1.807) is 21.6 Å². The maximum Gasteiger partial charge on any atom is 0.232 e. The van der Waals surface area contributed by atoms with Crippen molar-refractivity contribution in [2.45, 2.75) is 6.42 Å². The van der Waals surface area contributed by atoms with Gasteiger partial charge in [0.05, 0.1) is 0 Å². The topological polar surface area (TPSA) is 61.4 Å². The molecule has 0 amide bonds. The van der Waals surface area contributed by atoms with Gasteiger partial charge in [0.15, 0.2) is 11.6 Å². The lowest BCUT2D eigenvalue weighted by molar-refractivity contribution is 0.573. The van der Waals surface area contributed by atoms with E-state index in [0.717, 1.165) is 6.07 Å². The third-order valence-electron chi connectivity index (χ3n) is 3.67. The van der Waals surface area contributed by atoms with Crippen molar-refractivity contribution in [3.05, 3.63) is 65.1 Å². The van der Waals surface area contributed by atoms with Crippen LogP contribution in [0.2, 0.25) is 0 Å². The fourth-order valence-corrected chi connectivity index (χ4v) is 2.97. The smallest absolute Gasteiger partial charge is 0.232 e. The van der Waals surface area contributed by atoms with Crippen LogP contribution in [0.3, 0.4) is 0 Å². The van der Waals surface area contributed by atoms with Gasteiger partial charge in [-0.25, -0.2) is 18.7 Å². The zero-order valence-corrected chi connectivity index (χ0v) is 13.9. The molecule has 6 nitrogen and oxygen atoms in total. The minimum atomic E-state index is -0.622. The Bertz CT molecular complexity index is 1020. The SMILES string of the molecule is Cn1ccnc1-n1nc(Cc2ccc(F)cc2F)nc1-c1ccsn1. The van der Waals surface area contributed by atoms with Gasteiger partial charge in [-0.3, -0.25) is 0 Å². The Morgan fingerprint density at radius 3 is 2.76 bits per heavy atom. The van der Waals surface area contributed by atoms with Crippen LogP contribution in [-0.2, 0) is 13.5 Å². The lowest BCUT2D eigenvalue weighted by atomic mass is 10.1. The first kappa shape index (κ1) is 15.6. The van der Waals surface area contributed by atoms with Gasteiger partial charge in [-0.1, -0.05) is 6.07 Å². The monoisotopic (exact) mass is 358 g/mol. The predicted octanol–water partition coefficient (Wildman–Crippen LogP) is 2.99. The molecule has 0 bridgehead atoms. The zero-order valence-electron chi connectivity index (χ0n) is 13.1. The normalized spacial score (nSPS) is 11.2. The van der Waals surface area contributed by atoms with Crippen molar-refractivity contribution in [3.63, 3.8) is 0 Å². The minimum Gasteiger partial charge on any atom is -0.319 e. The van der Waals surface area contributed by atoms with Crippen molar-refractivity contribution in [2.24, 2.45) is 7.05 Å². The second-order valence-electron chi connectivity index (χ2n) is 5.40. The number of nitrogens with zero attached hydrogens (tertiary/aromatic N) is 6. The Hall–Kier alpha value is -2.94. The summed E-state index contributed by atoms with van der Waals surface area (Å²) in [7, 11) is 1.84. The Morgan fingerprint density at radius 2 is 2.08 bits per heavy atom. The first-order chi connectivity index (χ1) is 12.1. The molecular formula is C16H12F2N6S. The highest BCUT2D eigenvalue weighted by Gasteiger charge is 2.19. The lowest BCUT2D eigenvalue weighted by Crippen LogP contribution is -2.07. The average Bonchev–Trinajstić information content (AvgIpc) is 3.30. The third-order valence-corrected chi connectivity index (χ3v) is 4.23. The van der Waals surface area contributed by atoms with E-state index in [2.05, 4.69) is 19.4 Å². The Balaban J connectivity index is 1.78. The molecule has 126 valence electrons. The van der Waals surface area contributed by atoms with Crippen LogP contribution in [0.1, 0.15) is 11.4 Å². The molecule has 0 fully saturated rings. The molecule has 0 radical (unpaired) electrons. The zero-order chi connectivity index (χ0) is 17.4. The van der Waals surface area contributed by atoms with Gasteiger partial charge in [0.25, 0.3) is 0 Å². The van der Waals surface area contributed by atoms with Gasteiger partial charge in [-0.2, -0.15) is 9.06 Å². The highest BCUT2D eigenvalue weighted by Crippen LogP contribution is 2.21. The number of aromatic nitrogens is 6. The van der Waals surface area contributed by atoms with Gasteiger partial charge in [0.1, 0.15) is 17.3 Å². The molecule has 3 heterocycles. The largest absolute Gasteiger partial charge is 0.319 e. The van der Waals surface area contributed by atoms with E-state index in [1.807, 2.05) is 18.5 Å². The maximum absolute atomic E-state index is 13.9. The summed E-state index contributed by atoms with van der Waals surface area (Å²) in [4.78, 5) is 8.77. The second-order valence-corrected chi connectivity index (χ2v) is 6.06. The summed E-state index contributed by atoms with van der Waals surface area (Å²) < 4.78 is 34.7. The van der Waals surface area contributed by atoms with Gasteiger partial charge >= 0.3 is 0 Å². The molecule has 0 N–H and O–H groups in total. The average molecular weight is 358 g/mol. The minimum absolute atomic E-state index is 0.140. The summed E-state index contributed by atoms with van der Waals surface area (Å²) in [5.41, 5.74) is 0.981. The molecule has 9 heteroatoms. The quantitative estimate of drug-likeness (QED) is 0.563. The maximum atomic E-state index is 13.9. The van der Waals surface area contributed by atoms with E-state index >= 15 is 0 Å². The second kappa shape index (κ2) is 6.17. The number of rotatable bonds is 4. The molecule has 0 aliphatic carbocycles. The lowest BCUT2D eigenvalue weighted by Gasteiger charge is -2.03. The van der Waals surface area contributed by atoms with Crippen LogP contribution in [0, 0.1) is 11.6 Å². The summed E-state index contributed by atoms with van der Waals surface area (Å²) in [6, 6.07) is 5.30. The fourth-order valence-electron chi connectivity index (χ4n) is 2.46. The van der Waals surface area contributed by atoms with Crippen molar-refractivity contribution < 1.29 is 8.78 Å². The van der Waals surface area contributed by atoms with Crippen LogP contribution in [0.5, 0.6) is 0 Å². The molecule has 0 saturated carbocycles. The van der Waals surface area contributed by atoms with Gasteiger partial charge in [0, 0.05) is 37.3 Å². The van der Waals surface area contributed by atoms with Gasteiger partial charge in [0.2, 0.25) is 5.95 Å². The Morgan fingerprint density at radius 1 is 1.20 bits per heavy atom. The summed E-state index contributed by atoms with van der Waals surface area (Å²) in [5.74, 6) is 0.255. The van der Waals surface area contributed by atoms with E-state index < -0.39 is 11.6 Å². The number of benzene rings is 1. The molecule has 0 saturated heterocycles. The standard InChI is InChI=1S/C16H12F2N6S/c1-23-6-5-19-16(23)24-15(13-4-7-25-22-13)20-14(21-24)8-10-2-3-11(17)9-12(10)18/h2-7,9H,8H2,1H3. The Labute approximate surface area is 145 Å². The van der Waals surface area contributed by atoms with Crippen LogP contribution in [0.25, 0.3) is 17.5 Å². The van der Waals surface area contributed by atoms with E-state index in [4.69, 9.17) is 0 Å². The van der Waals surface area contributed by atoms with Gasteiger partial charge in [-0.15, -0.1) is 5.10 Å². The van der Waals surface area contributed by atoms with E-state index in [1.165, 1.54) is 23.7 Å². The van der Waals surface area contributed by atoms with Crippen molar-refractivity contribution >= 4 is 11.5 Å². The Kier molecular flexibility index (Phi) is 3.85. The van der Waals surface area contributed by atoms with Crippen molar-refractivity contribution in [2.75, 3.05) is 0 Å². The van der Waals surface area contributed by atoms with Crippen LogP contribution >= 0.6 is 11.5 Å². The molecular weight excluding hydrogens is 346 g/mol. The van der Waals surface area contributed by atoms with Crippen molar-refractivity contribution in [1.29, 1.82) is 0 Å². The molecule has 1 aromatic carbocycles. The molecule has 25 heavy (non-hydrogen) atoms. The molecule has 0 spiro atoms. The van der Waals surface area contributed by atoms with E-state index in [0.29, 0.717) is 28.9 Å². The summed E-state index contributed by atoms with van der Waals surface area (Å²) in [6.45, 7) is 0. The van der Waals surface area contributed by atoms with Gasteiger partial charge < -0.3 is 4.57 Å². The molecule has 0 aliphatic rings. The van der Waals surface area contributed by atoms with Crippen LogP contribution in [0.15, 0.2) is 42.0 Å². The van der Waals surface area contributed by atoms with E-state index in [9.17, 15) is 8.78 Å². The van der Waals surface area contributed by atoms with Gasteiger partial charge in [-0.05, 0) is 29.2 Å². The number of hydrogen-bond donors (Lipinski definition) is 0. The van der Waals surface area contributed by atoms with E-state index in [-0.39, 0.29) is 6.42 Å². The number of aryl methyl sites for hydroxylation is 1. The molecule has 0 aliphatic heterocycles.